The number of hydrogen-bond acceptors (Lipinski definition) is 4. The number of aromatic nitrogens is 2. The number of rotatable bonds is 6. The van der Waals surface area contributed by atoms with Crippen LogP contribution in [0.5, 0.6) is 0 Å². The molecular weight excluding hydrogens is 320 g/mol. The summed E-state index contributed by atoms with van der Waals surface area (Å²) in [7, 11) is 1.91. The van der Waals surface area contributed by atoms with E-state index in [1.165, 1.54) is 0 Å². The molecule has 0 unspecified atom stereocenters. The van der Waals surface area contributed by atoms with Gasteiger partial charge in [0, 0.05) is 44.6 Å². The molecule has 3 heterocycles. The molecule has 2 fully saturated rings. The lowest BCUT2D eigenvalue weighted by Gasteiger charge is -2.29. The van der Waals surface area contributed by atoms with Gasteiger partial charge in [0.05, 0.1) is 24.4 Å². The van der Waals surface area contributed by atoms with E-state index >= 15 is 0 Å². The minimum Gasteiger partial charge on any atom is -0.376 e. The average Bonchev–Trinajstić information content (AvgIpc) is 3.32. The summed E-state index contributed by atoms with van der Waals surface area (Å²) in [6.45, 7) is 6.87. The molecule has 140 valence electrons. The van der Waals surface area contributed by atoms with Gasteiger partial charge < -0.3 is 19.7 Å². The van der Waals surface area contributed by atoms with Crippen molar-refractivity contribution in [2.45, 2.75) is 57.8 Å². The van der Waals surface area contributed by atoms with Crippen LogP contribution < -0.4 is 5.32 Å². The number of urea groups is 1. The predicted molar refractivity (Wildman–Crippen MR) is 94.4 cm³/mol. The molecule has 7 nitrogen and oxygen atoms in total. The van der Waals surface area contributed by atoms with Crippen molar-refractivity contribution < 1.29 is 14.3 Å². The zero-order chi connectivity index (χ0) is 17.8. The maximum atomic E-state index is 12.9. The summed E-state index contributed by atoms with van der Waals surface area (Å²) in [5.74, 6) is 0. The zero-order valence-corrected chi connectivity index (χ0v) is 15.5. The quantitative estimate of drug-likeness (QED) is 0.854. The van der Waals surface area contributed by atoms with Gasteiger partial charge in [-0.15, -0.1) is 0 Å². The molecule has 0 radical (unpaired) electrons. The Morgan fingerprint density at radius 2 is 1.92 bits per heavy atom. The summed E-state index contributed by atoms with van der Waals surface area (Å²) in [4.78, 5) is 14.8. The fraction of sp³-hybridized carbons (Fsp3) is 0.778. The van der Waals surface area contributed by atoms with Crippen molar-refractivity contribution in [3.8, 4) is 0 Å². The fourth-order valence-corrected chi connectivity index (χ4v) is 3.60. The largest absolute Gasteiger partial charge is 0.376 e. The Morgan fingerprint density at radius 3 is 2.36 bits per heavy atom. The van der Waals surface area contributed by atoms with Crippen molar-refractivity contribution >= 4 is 6.03 Å². The molecule has 0 aliphatic carbocycles. The first-order chi connectivity index (χ1) is 12.0. The van der Waals surface area contributed by atoms with Crippen molar-refractivity contribution in [3.05, 3.63) is 17.5 Å². The maximum Gasteiger partial charge on any atom is 0.318 e. The molecule has 0 bridgehead atoms. The molecule has 0 aromatic carbocycles. The van der Waals surface area contributed by atoms with Gasteiger partial charge in [0.1, 0.15) is 0 Å². The first kappa shape index (κ1) is 18.2. The topological polar surface area (TPSA) is 68.6 Å². The van der Waals surface area contributed by atoms with Crippen molar-refractivity contribution in [2.75, 3.05) is 26.3 Å². The van der Waals surface area contributed by atoms with Crippen LogP contribution in [0.2, 0.25) is 0 Å². The highest BCUT2D eigenvalue weighted by Gasteiger charge is 2.28. The number of ether oxygens (including phenoxy) is 2. The van der Waals surface area contributed by atoms with Gasteiger partial charge >= 0.3 is 6.03 Å². The number of carbonyl (C=O) groups is 1. The third-order valence-corrected chi connectivity index (χ3v) is 5.26. The van der Waals surface area contributed by atoms with E-state index in [0.717, 1.165) is 50.2 Å². The van der Waals surface area contributed by atoms with E-state index < -0.39 is 0 Å². The first-order valence-corrected chi connectivity index (χ1v) is 9.31. The molecule has 7 heteroatoms. The summed E-state index contributed by atoms with van der Waals surface area (Å²) < 4.78 is 13.3. The van der Waals surface area contributed by atoms with Crippen LogP contribution in [0.4, 0.5) is 4.79 Å². The van der Waals surface area contributed by atoms with Gasteiger partial charge in [-0.3, -0.25) is 4.68 Å². The minimum absolute atomic E-state index is 0.0539. The van der Waals surface area contributed by atoms with Gasteiger partial charge in [-0.25, -0.2) is 4.79 Å². The highest BCUT2D eigenvalue weighted by atomic mass is 16.5. The summed E-state index contributed by atoms with van der Waals surface area (Å²) >= 11 is 0. The normalized spacial score (nSPS) is 24.4. The van der Waals surface area contributed by atoms with Gasteiger partial charge in [0.25, 0.3) is 0 Å². The molecule has 3 atom stereocenters. The second-order valence-electron chi connectivity index (χ2n) is 7.16. The Morgan fingerprint density at radius 1 is 1.32 bits per heavy atom. The molecule has 0 spiro atoms. The number of amides is 2. The standard InChI is InChI=1S/C18H30N4O3/c1-13(17-10-19-21(3)14(17)2)20-18(23)22(11-15-6-4-8-24-15)12-16-7-5-9-25-16/h10,13,15-16H,4-9,11-12H2,1-3H3,(H,20,23)/t13-,15+,16+/m0/s1. The van der Waals surface area contributed by atoms with Crippen LogP contribution in [-0.4, -0.2) is 59.2 Å². The number of nitrogens with one attached hydrogen (secondary N) is 1. The Kier molecular flexibility index (Phi) is 5.96. The lowest BCUT2D eigenvalue weighted by atomic mass is 10.1. The smallest absolute Gasteiger partial charge is 0.318 e. The zero-order valence-electron chi connectivity index (χ0n) is 15.5. The molecule has 2 amide bonds. The second kappa shape index (κ2) is 8.19. The van der Waals surface area contributed by atoms with Crippen LogP contribution >= 0.6 is 0 Å². The molecule has 2 saturated heterocycles. The minimum atomic E-state index is -0.0855. The van der Waals surface area contributed by atoms with Crippen molar-refractivity contribution in [1.29, 1.82) is 0 Å². The average molecular weight is 350 g/mol. The Hall–Kier alpha value is -1.60. The van der Waals surface area contributed by atoms with Crippen molar-refractivity contribution in [2.24, 2.45) is 7.05 Å². The van der Waals surface area contributed by atoms with Crippen LogP contribution in [0.3, 0.4) is 0 Å². The monoisotopic (exact) mass is 350 g/mol. The molecule has 0 saturated carbocycles. The lowest BCUT2D eigenvalue weighted by Crippen LogP contribution is -2.47. The second-order valence-corrected chi connectivity index (χ2v) is 7.16. The Labute approximate surface area is 149 Å². The van der Waals surface area contributed by atoms with E-state index in [1.54, 1.807) is 0 Å². The summed E-state index contributed by atoms with van der Waals surface area (Å²) in [5.41, 5.74) is 2.11. The van der Waals surface area contributed by atoms with E-state index in [-0.39, 0.29) is 24.3 Å². The molecule has 2 aliphatic heterocycles. The molecule has 2 aliphatic rings. The highest BCUT2D eigenvalue weighted by Crippen LogP contribution is 2.19. The third-order valence-electron chi connectivity index (χ3n) is 5.26. The maximum absolute atomic E-state index is 12.9. The van der Waals surface area contributed by atoms with E-state index in [9.17, 15) is 4.79 Å². The Balaban J connectivity index is 1.63. The van der Waals surface area contributed by atoms with E-state index in [4.69, 9.17) is 9.47 Å². The molecule has 1 N–H and O–H groups in total. The van der Waals surface area contributed by atoms with Crippen LogP contribution in [0.25, 0.3) is 0 Å². The van der Waals surface area contributed by atoms with Gasteiger partial charge in [-0.2, -0.15) is 5.10 Å². The van der Waals surface area contributed by atoms with Gasteiger partial charge in [-0.1, -0.05) is 0 Å². The summed E-state index contributed by atoms with van der Waals surface area (Å²) in [6.07, 6.45) is 6.30. The number of hydrogen-bond donors (Lipinski definition) is 1. The molecule has 1 aromatic rings. The van der Waals surface area contributed by atoms with Gasteiger partial charge in [-0.05, 0) is 39.5 Å². The predicted octanol–water partition coefficient (Wildman–Crippen LogP) is 2.16. The molecular formula is C18H30N4O3. The first-order valence-electron chi connectivity index (χ1n) is 9.31. The lowest BCUT2D eigenvalue weighted by molar-refractivity contribution is 0.0494. The summed E-state index contributed by atoms with van der Waals surface area (Å²) in [6, 6.07) is -0.139. The van der Waals surface area contributed by atoms with Crippen molar-refractivity contribution in [1.82, 2.24) is 20.0 Å². The number of carbonyl (C=O) groups excluding carboxylic acids is 1. The Bertz CT molecular complexity index is 559. The highest BCUT2D eigenvalue weighted by molar-refractivity contribution is 5.74. The third kappa shape index (κ3) is 4.52. The van der Waals surface area contributed by atoms with Gasteiger partial charge in [0.2, 0.25) is 0 Å². The SMILES string of the molecule is Cc1c([C@H](C)NC(=O)N(C[C@H]2CCCO2)C[C@H]2CCCO2)cnn1C. The van der Waals surface area contributed by atoms with Crippen LogP contribution in [0, 0.1) is 6.92 Å². The van der Waals surface area contributed by atoms with E-state index in [1.807, 2.05) is 36.7 Å². The van der Waals surface area contributed by atoms with Gasteiger partial charge in [0.15, 0.2) is 0 Å². The van der Waals surface area contributed by atoms with E-state index in [2.05, 4.69) is 10.4 Å². The molecule has 25 heavy (non-hydrogen) atoms. The van der Waals surface area contributed by atoms with Crippen LogP contribution in [-0.2, 0) is 16.5 Å². The number of nitrogens with zero attached hydrogens (tertiary/aromatic N) is 3. The molecule has 1 aromatic heterocycles. The van der Waals surface area contributed by atoms with Crippen LogP contribution in [0.1, 0.15) is 49.9 Å². The van der Waals surface area contributed by atoms with E-state index in [0.29, 0.717) is 13.1 Å². The molecule has 3 rings (SSSR count). The number of aryl methyl sites for hydroxylation is 1. The fourth-order valence-electron chi connectivity index (χ4n) is 3.60. The summed E-state index contributed by atoms with van der Waals surface area (Å²) in [5, 5.41) is 7.39. The van der Waals surface area contributed by atoms with Crippen LogP contribution in [0.15, 0.2) is 6.20 Å². The van der Waals surface area contributed by atoms with Crippen molar-refractivity contribution in [3.63, 3.8) is 0 Å².